The van der Waals surface area contributed by atoms with Gasteiger partial charge in [-0.05, 0) is 48.4 Å². The lowest BCUT2D eigenvalue weighted by atomic mass is 10.0. The molecule has 160 valence electrons. The van der Waals surface area contributed by atoms with Crippen molar-refractivity contribution in [2.24, 2.45) is 0 Å². The number of carbonyl (C=O) groups excluding carboxylic acids is 2. The molecular formula is C24H21F3N2O2. The number of carbonyl (C=O) groups is 2. The van der Waals surface area contributed by atoms with Gasteiger partial charge in [-0.2, -0.15) is 13.2 Å². The van der Waals surface area contributed by atoms with E-state index in [1.54, 1.807) is 42.5 Å². The number of anilines is 2. The van der Waals surface area contributed by atoms with Crippen molar-refractivity contribution in [1.82, 2.24) is 0 Å². The summed E-state index contributed by atoms with van der Waals surface area (Å²) < 4.78 is 40.2. The van der Waals surface area contributed by atoms with Gasteiger partial charge in [0.25, 0.3) is 11.8 Å². The van der Waals surface area contributed by atoms with Crippen LogP contribution in [0.15, 0.2) is 72.8 Å². The first kappa shape index (κ1) is 22.1. The van der Waals surface area contributed by atoms with Crippen molar-refractivity contribution in [2.75, 3.05) is 10.6 Å². The lowest BCUT2D eigenvalue weighted by molar-refractivity contribution is -0.137. The number of amides is 2. The van der Waals surface area contributed by atoms with Crippen molar-refractivity contribution in [3.63, 3.8) is 0 Å². The second-order valence-electron chi connectivity index (χ2n) is 6.98. The number of benzene rings is 3. The van der Waals surface area contributed by atoms with Crippen LogP contribution >= 0.6 is 0 Å². The number of hydrogen-bond acceptors (Lipinski definition) is 2. The maximum atomic E-state index is 13.4. The standard InChI is InChI=1S/C24H21F3N2O2/c1-2-8-16-9-6-7-12-21(16)23(31)29-20-14-18(24(25,26)27)13-19(15-20)28-22(30)17-10-4-3-5-11-17/h3-7,9-15H,2,8H2,1H3,(H,28,30)(H,29,31). The first-order valence-electron chi connectivity index (χ1n) is 9.76. The van der Waals surface area contributed by atoms with Crippen LogP contribution in [0.25, 0.3) is 0 Å². The van der Waals surface area contributed by atoms with Gasteiger partial charge in [-0.15, -0.1) is 0 Å². The van der Waals surface area contributed by atoms with Crippen LogP contribution in [0, 0.1) is 0 Å². The van der Waals surface area contributed by atoms with Gasteiger partial charge in [0.1, 0.15) is 0 Å². The van der Waals surface area contributed by atoms with Crippen molar-refractivity contribution < 1.29 is 22.8 Å². The molecule has 2 N–H and O–H groups in total. The fourth-order valence-corrected chi connectivity index (χ4v) is 3.16. The Morgan fingerprint density at radius 3 is 2.00 bits per heavy atom. The first-order chi connectivity index (χ1) is 14.8. The van der Waals surface area contributed by atoms with Crippen LogP contribution in [-0.4, -0.2) is 11.8 Å². The number of alkyl halides is 3. The Morgan fingerprint density at radius 2 is 1.39 bits per heavy atom. The number of hydrogen-bond donors (Lipinski definition) is 2. The van der Waals surface area contributed by atoms with Crippen LogP contribution < -0.4 is 10.6 Å². The summed E-state index contributed by atoms with van der Waals surface area (Å²) in [5, 5.41) is 5.00. The third-order valence-corrected chi connectivity index (χ3v) is 4.59. The Labute approximate surface area is 178 Å². The summed E-state index contributed by atoms with van der Waals surface area (Å²) in [6.07, 6.45) is -3.15. The van der Waals surface area contributed by atoms with Gasteiger partial charge in [0.2, 0.25) is 0 Å². The lowest BCUT2D eigenvalue weighted by Gasteiger charge is -2.15. The number of rotatable bonds is 6. The van der Waals surface area contributed by atoms with Gasteiger partial charge in [-0.25, -0.2) is 0 Å². The summed E-state index contributed by atoms with van der Waals surface area (Å²) in [4.78, 5) is 25.1. The Balaban J connectivity index is 1.90. The van der Waals surface area contributed by atoms with Gasteiger partial charge in [0, 0.05) is 22.5 Å². The molecule has 0 unspecified atom stereocenters. The average Bonchev–Trinajstić information content (AvgIpc) is 2.74. The number of halogens is 3. The van der Waals surface area contributed by atoms with Crippen LogP contribution in [-0.2, 0) is 12.6 Å². The van der Waals surface area contributed by atoms with Crippen molar-refractivity contribution in [3.8, 4) is 0 Å². The van der Waals surface area contributed by atoms with Gasteiger partial charge in [0.05, 0.1) is 5.56 Å². The molecule has 0 aliphatic rings. The second-order valence-corrected chi connectivity index (χ2v) is 6.98. The van der Waals surface area contributed by atoms with E-state index >= 15 is 0 Å². The predicted octanol–water partition coefficient (Wildman–Crippen LogP) is 6.16. The topological polar surface area (TPSA) is 58.2 Å². The molecule has 3 rings (SSSR count). The second kappa shape index (κ2) is 9.47. The van der Waals surface area contributed by atoms with Gasteiger partial charge in [0.15, 0.2) is 0 Å². The third-order valence-electron chi connectivity index (χ3n) is 4.59. The molecule has 0 aliphatic heterocycles. The molecule has 31 heavy (non-hydrogen) atoms. The fourth-order valence-electron chi connectivity index (χ4n) is 3.16. The molecule has 2 amide bonds. The number of aryl methyl sites for hydroxylation is 1. The van der Waals surface area contributed by atoms with E-state index in [1.807, 2.05) is 19.1 Å². The minimum Gasteiger partial charge on any atom is -0.322 e. The molecule has 0 aromatic heterocycles. The molecule has 0 aliphatic carbocycles. The van der Waals surface area contributed by atoms with Crippen molar-refractivity contribution in [1.29, 1.82) is 0 Å². The van der Waals surface area contributed by atoms with Gasteiger partial charge < -0.3 is 10.6 Å². The lowest BCUT2D eigenvalue weighted by Crippen LogP contribution is -2.17. The summed E-state index contributed by atoms with van der Waals surface area (Å²) in [6, 6.07) is 18.1. The van der Waals surface area contributed by atoms with Crippen LogP contribution in [0.1, 0.15) is 45.2 Å². The molecule has 0 fully saturated rings. The van der Waals surface area contributed by atoms with Crippen molar-refractivity contribution in [3.05, 3.63) is 95.1 Å². The van der Waals surface area contributed by atoms with Crippen molar-refractivity contribution >= 4 is 23.2 Å². The highest BCUT2D eigenvalue weighted by Gasteiger charge is 2.31. The minimum absolute atomic E-state index is 0.0607. The molecule has 4 nitrogen and oxygen atoms in total. The Morgan fingerprint density at radius 1 is 0.806 bits per heavy atom. The van der Waals surface area contributed by atoms with Crippen LogP contribution in [0.4, 0.5) is 24.5 Å². The molecule has 0 spiro atoms. The zero-order valence-electron chi connectivity index (χ0n) is 16.8. The van der Waals surface area contributed by atoms with Crippen LogP contribution in [0.2, 0.25) is 0 Å². The zero-order chi connectivity index (χ0) is 22.4. The van der Waals surface area contributed by atoms with Gasteiger partial charge in [-0.3, -0.25) is 9.59 Å². The van der Waals surface area contributed by atoms with E-state index in [1.165, 1.54) is 6.07 Å². The molecule has 0 bridgehead atoms. The quantitative estimate of drug-likeness (QED) is 0.496. The highest BCUT2D eigenvalue weighted by Crippen LogP contribution is 2.34. The molecular weight excluding hydrogens is 405 g/mol. The average molecular weight is 426 g/mol. The largest absolute Gasteiger partial charge is 0.416 e. The smallest absolute Gasteiger partial charge is 0.322 e. The summed E-state index contributed by atoms with van der Waals surface area (Å²) in [6.45, 7) is 1.98. The Kier molecular flexibility index (Phi) is 6.74. The molecule has 3 aromatic carbocycles. The Bertz CT molecular complexity index is 1080. The summed E-state index contributed by atoms with van der Waals surface area (Å²) in [5.74, 6) is -1.06. The Hall–Kier alpha value is -3.61. The van der Waals surface area contributed by atoms with E-state index in [0.29, 0.717) is 17.5 Å². The van der Waals surface area contributed by atoms with Crippen molar-refractivity contribution in [2.45, 2.75) is 25.9 Å². The van der Waals surface area contributed by atoms with Gasteiger partial charge >= 0.3 is 6.18 Å². The van der Waals surface area contributed by atoms with Gasteiger partial charge in [-0.1, -0.05) is 49.7 Å². The summed E-state index contributed by atoms with van der Waals surface area (Å²) in [5.41, 5.74) is 0.411. The monoisotopic (exact) mass is 426 g/mol. The van der Waals surface area contributed by atoms with E-state index in [2.05, 4.69) is 10.6 Å². The minimum atomic E-state index is -4.65. The van der Waals surface area contributed by atoms with Crippen LogP contribution in [0.3, 0.4) is 0 Å². The molecule has 0 atom stereocenters. The summed E-state index contributed by atoms with van der Waals surface area (Å²) >= 11 is 0. The highest BCUT2D eigenvalue weighted by molar-refractivity contribution is 6.07. The first-order valence-corrected chi connectivity index (χ1v) is 9.76. The zero-order valence-corrected chi connectivity index (χ0v) is 16.8. The van der Waals surface area contributed by atoms with Crippen LogP contribution in [0.5, 0.6) is 0 Å². The van der Waals surface area contributed by atoms with E-state index in [9.17, 15) is 22.8 Å². The molecule has 0 heterocycles. The maximum absolute atomic E-state index is 13.4. The molecule has 0 saturated carbocycles. The molecule has 0 saturated heterocycles. The van der Waals surface area contributed by atoms with E-state index in [0.717, 1.165) is 24.1 Å². The number of nitrogens with one attached hydrogen (secondary N) is 2. The summed E-state index contributed by atoms with van der Waals surface area (Å²) in [7, 11) is 0. The highest BCUT2D eigenvalue weighted by atomic mass is 19.4. The molecule has 3 aromatic rings. The third kappa shape index (κ3) is 5.72. The molecule has 0 radical (unpaired) electrons. The van der Waals surface area contributed by atoms with E-state index in [-0.39, 0.29) is 11.4 Å². The van der Waals surface area contributed by atoms with E-state index in [4.69, 9.17) is 0 Å². The normalized spacial score (nSPS) is 11.1. The fraction of sp³-hybridized carbons (Fsp3) is 0.167. The molecule has 7 heteroatoms. The SMILES string of the molecule is CCCc1ccccc1C(=O)Nc1cc(NC(=O)c2ccccc2)cc(C(F)(F)F)c1. The van der Waals surface area contributed by atoms with E-state index < -0.39 is 23.6 Å². The maximum Gasteiger partial charge on any atom is 0.416 e. The predicted molar refractivity (Wildman–Crippen MR) is 114 cm³/mol.